The highest BCUT2D eigenvalue weighted by atomic mass is 15.3. The largest absolute Gasteiger partial charge is 0.355 e. The molecule has 0 spiro atoms. The molecule has 0 atom stereocenters. The number of nitrogen functional groups attached to an aromatic ring is 1. The molecule has 0 aromatic carbocycles. The molecule has 88 valence electrons. The summed E-state index contributed by atoms with van der Waals surface area (Å²) in [6.45, 7) is 0. The second-order valence-corrected chi connectivity index (χ2v) is 4.31. The van der Waals surface area contributed by atoms with Gasteiger partial charge in [-0.05, 0) is 12.8 Å². The van der Waals surface area contributed by atoms with Crippen LogP contribution in [0.4, 0.5) is 11.6 Å². The Bertz CT molecular complexity index is 335. The van der Waals surface area contributed by atoms with E-state index in [4.69, 9.17) is 5.84 Å². The molecule has 1 aliphatic rings. The first-order valence-electron chi connectivity index (χ1n) is 5.83. The molecule has 0 bridgehead atoms. The van der Waals surface area contributed by atoms with Gasteiger partial charge >= 0.3 is 0 Å². The molecule has 1 heterocycles. The number of nitrogens with one attached hydrogen (secondary N) is 1. The maximum Gasteiger partial charge on any atom is 0.160 e. The van der Waals surface area contributed by atoms with Gasteiger partial charge in [-0.15, -0.1) is 0 Å². The van der Waals surface area contributed by atoms with Gasteiger partial charge in [-0.1, -0.05) is 19.3 Å². The number of nitrogens with zero attached hydrogens (tertiary/aromatic N) is 3. The van der Waals surface area contributed by atoms with E-state index in [-0.39, 0.29) is 0 Å². The zero-order valence-corrected chi connectivity index (χ0v) is 9.69. The average molecular weight is 221 g/mol. The van der Waals surface area contributed by atoms with E-state index in [1.165, 1.54) is 32.1 Å². The Labute approximate surface area is 96.0 Å². The predicted octanol–water partition coefficient (Wildman–Crippen LogP) is 1.53. The molecular weight excluding hydrogens is 202 g/mol. The topological polar surface area (TPSA) is 67.1 Å². The van der Waals surface area contributed by atoms with Crippen LogP contribution in [0.2, 0.25) is 0 Å². The Morgan fingerprint density at radius 2 is 2.06 bits per heavy atom. The minimum absolute atomic E-state index is 0.594. The minimum Gasteiger partial charge on any atom is -0.355 e. The van der Waals surface area contributed by atoms with Crippen molar-refractivity contribution in [2.24, 2.45) is 5.84 Å². The van der Waals surface area contributed by atoms with E-state index in [0.717, 1.165) is 5.82 Å². The third-order valence-electron chi connectivity index (χ3n) is 3.25. The predicted molar refractivity (Wildman–Crippen MR) is 65.1 cm³/mol. The molecule has 0 radical (unpaired) electrons. The zero-order valence-electron chi connectivity index (χ0n) is 9.69. The SMILES string of the molecule is CN(c1cncc(NN)n1)C1CCCCC1. The quantitative estimate of drug-likeness (QED) is 0.598. The van der Waals surface area contributed by atoms with Gasteiger partial charge in [0, 0.05) is 13.1 Å². The van der Waals surface area contributed by atoms with Crippen molar-refractivity contribution >= 4 is 11.6 Å². The Morgan fingerprint density at radius 1 is 1.31 bits per heavy atom. The fraction of sp³-hybridized carbons (Fsp3) is 0.636. The van der Waals surface area contributed by atoms with Crippen LogP contribution in [0.3, 0.4) is 0 Å². The fourth-order valence-corrected chi connectivity index (χ4v) is 2.25. The third-order valence-corrected chi connectivity index (χ3v) is 3.25. The number of hydrogen-bond acceptors (Lipinski definition) is 5. The molecule has 5 nitrogen and oxygen atoms in total. The molecule has 1 aromatic rings. The van der Waals surface area contributed by atoms with E-state index in [1.54, 1.807) is 12.4 Å². The molecule has 0 unspecified atom stereocenters. The Hall–Kier alpha value is -1.36. The minimum atomic E-state index is 0.594. The number of anilines is 2. The van der Waals surface area contributed by atoms with Crippen molar-refractivity contribution in [2.75, 3.05) is 17.4 Å². The van der Waals surface area contributed by atoms with Crippen LogP contribution in [0.1, 0.15) is 32.1 Å². The van der Waals surface area contributed by atoms with Crippen LogP contribution >= 0.6 is 0 Å². The summed E-state index contributed by atoms with van der Waals surface area (Å²) in [5, 5.41) is 0. The van der Waals surface area contributed by atoms with Crippen molar-refractivity contribution in [1.29, 1.82) is 0 Å². The Morgan fingerprint density at radius 3 is 2.75 bits per heavy atom. The lowest BCUT2D eigenvalue weighted by molar-refractivity contribution is 0.426. The molecular formula is C11H19N5. The van der Waals surface area contributed by atoms with Crippen LogP contribution in [-0.2, 0) is 0 Å². The van der Waals surface area contributed by atoms with Crippen molar-refractivity contribution in [2.45, 2.75) is 38.1 Å². The molecule has 1 saturated carbocycles. The molecule has 0 aliphatic heterocycles. The second-order valence-electron chi connectivity index (χ2n) is 4.31. The highest BCUT2D eigenvalue weighted by Crippen LogP contribution is 2.24. The van der Waals surface area contributed by atoms with Gasteiger partial charge in [0.25, 0.3) is 0 Å². The van der Waals surface area contributed by atoms with Crippen molar-refractivity contribution in [3.8, 4) is 0 Å². The zero-order chi connectivity index (χ0) is 11.4. The lowest BCUT2D eigenvalue weighted by atomic mass is 9.94. The molecule has 2 rings (SSSR count). The smallest absolute Gasteiger partial charge is 0.160 e. The number of rotatable bonds is 3. The molecule has 16 heavy (non-hydrogen) atoms. The summed E-state index contributed by atoms with van der Waals surface area (Å²) < 4.78 is 0. The summed E-state index contributed by atoms with van der Waals surface area (Å²) in [6.07, 6.45) is 9.90. The van der Waals surface area contributed by atoms with Gasteiger partial charge in [-0.25, -0.2) is 10.8 Å². The van der Waals surface area contributed by atoms with Crippen LogP contribution in [0.5, 0.6) is 0 Å². The fourth-order valence-electron chi connectivity index (χ4n) is 2.25. The lowest BCUT2D eigenvalue weighted by Crippen LogP contribution is -2.34. The Kier molecular flexibility index (Phi) is 3.56. The van der Waals surface area contributed by atoms with Gasteiger partial charge in [0.15, 0.2) is 5.82 Å². The van der Waals surface area contributed by atoms with Crippen molar-refractivity contribution < 1.29 is 0 Å². The highest BCUT2D eigenvalue weighted by molar-refractivity contribution is 5.43. The molecule has 0 saturated heterocycles. The van der Waals surface area contributed by atoms with Crippen molar-refractivity contribution in [1.82, 2.24) is 9.97 Å². The highest BCUT2D eigenvalue weighted by Gasteiger charge is 2.19. The monoisotopic (exact) mass is 221 g/mol. The first-order valence-corrected chi connectivity index (χ1v) is 5.83. The van der Waals surface area contributed by atoms with E-state index in [1.807, 2.05) is 0 Å². The van der Waals surface area contributed by atoms with Crippen molar-refractivity contribution in [3.05, 3.63) is 12.4 Å². The lowest BCUT2D eigenvalue weighted by Gasteiger charge is -2.31. The van der Waals surface area contributed by atoms with E-state index >= 15 is 0 Å². The van der Waals surface area contributed by atoms with Crippen LogP contribution in [0, 0.1) is 0 Å². The number of aromatic nitrogens is 2. The standard InChI is InChI=1S/C11H19N5/c1-16(9-5-3-2-4-6-9)11-8-13-7-10(14-11)15-12/h7-9H,2-6,12H2,1H3,(H,14,15). The van der Waals surface area contributed by atoms with Gasteiger partial charge in [-0.3, -0.25) is 4.98 Å². The maximum atomic E-state index is 5.33. The summed E-state index contributed by atoms with van der Waals surface area (Å²) in [7, 11) is 2.08. The van der Waals surface area contributed by atoms with Crippen LogP contribution in [0.25, 0.3) is 0 Å². The van der Waals surface area contributed by atoms with E-state index < -0.39 is 0 Å². The summed E-state index contributed by atoms with van der Waals surface area (Å²) in [5.74, 6) is 6.83. The molecule has 1 fully saturated rings. The van der Waals surface area contributed by atoms with Gasteiger partial charge < -0.3 is 10.3 Å². The van der Waals surface area contributed by atoms with Gasteiger partial charge in [0.2, 0.25) is 0 Å². The summed E-state index contributed by atoms with van der Waals surface area (Å²) in [6, 6.07) is 0.594. The molecule has 0 amide bonds. The first kappa shape index (κ1) is 11.1. The van der Waals surface area contributed by atoms with Gasteiger partial charge in [-0.2, -0.15) is 0 Å². The summed E-state index contributed by atoms with van der Waals surface area (Å²) in [5.41, 5.74) is 2.52. The molecule has 1 aromatic heterocycles. The molecule has 1 aliphatic carbocycles. The summed E-state index contributed by atoms with van der Waals surface area (Å²) in [4.78, 5) is 10.7. The van der Waals surface area contributed by atoms with Crippen LogP contribution in [0.15, 0.2) is 12.4 Å². The number of nitrogens with two attached hydrogens (primary N) is 1. The normalized spacial score (nSPS) is 17.1. The average Bonchev–Trinajstić information content (AvgIpc) is 2.39. The number of hydrogen-bond donors (Lipinski definition) is 2. The number of hydrazine groups is 1. The molecule has 3 N–H and O–H groups in total. The van der Waals surface area contributed by atoms with Gasteiger partial charge in [0.1, 0.15) is 5.82 Å². The van der Waals surface area contributed by atoms with E-state index in [9.17, 15) is 0 Å². The maximum absolute atomic E-state index is 5.33. The first-order chi connectivity index (χ1) is 7.81. The Balaban J connectivity index is 2.09. The van der Waals surface area contributed by atoms with Crippen molar-refractivity contribution in [3.63, 3.8) is 0 Å². The van der Waals surface area contributed by atoms with Crippen LogP contribution < -0.4 is 16.2 Å². The van der Waals surface area contributed by atoms with Crippen LogP contribution in [-0.4, -0.2) is 23.1 Å². The summed E-state index contributed by atoms with van der Waals surface area (Å²) >= 11 is 0. The van der Waals surface area contributed by atoms with Gasteiger partial charge in [0.05, 0.1) is 12.4 Å². The van der Waals surface area contributed by atoms with E-state index in [2.05, 4.69) is 27.3 Å². The third kappa shape index (κ3) is 2.41. The second kappa shape index (κ2) is 5.12. The van der Waals surface area contributed by atoms with E-state index in [0.29, 0.717) is 11.9 Å². The molecule has 5 heteroatoms.